The number of carboxylic acid groups (broad SMARTS) is 1. The molecule has 0 bridgehead atoms. The van der Waals surface area contributed by atoms with Crippen molar-refractivity contribution in [3.05, 3.63) is 30.1 Å². The van der Waals surface area contributed by atoms with Crippen LogP contribution in [0.2, 0.25) is 0 Å². The van der Waals surface area contributed by atoms with Gasteiger partial charge < -0.3 is 20.1 Å². The minimum Gasteiger partial charge on any atom is -0.549 e. The highest BCUT2D eigenvalue weighted by Crippen LogP contribution is 2.28. The summed E-state index contributed by atoms with van der Waals surface area (Å²) in [6.07, 6.45) is 0.427. The van der Waals surface area contributed by atoms with Gasteiger partial charge in [0.25, 0.3) is 5.91 Å². The van der Waals surface area contributed by atoms with Crippen LogP contribution in [0.25, 0.3) is 0 Å². The first-order valence-corrected chi connectivity index (χ1v) is 9.01. The first kappa shape index (κ1) is 18.2. The van der Waals surface area contributed by atoms with Crippen LogP contribution in [-0.2, 0) is 14.4 Å². The van der Waals surface area contributed by atoms with Crippen LogP contribution in [0.4, 0.5) is 14.9 Å². The van der Waals surface area contributed by atoms with E-state index in [1.54, 1.807) is 0 Å². The minimum absolute atomic E-state index is 0.102. The molecule has 2 fully saturated rings. The number of likely N-dealkylation sites (tertiary alicyclic amines) is 1. The van der Waals surface area contributed by atoms with E-state index in [9.17, 15) is 28.7 Å². The molecule has 1 aromatic rings. The van der Waals surface area contributed by atoms with Gasteiger partial charge in [0.2, 0.25) is 5.91 Å². The van der Waals surface area contributed by atoms with E-state index in [-0.39, 0.29) is 29.6 Å². The van der Waals surface area contributed by atoms with E-state index in [0.29, 0.717) is 6.42 Å². The fraction of sp³-hybridized carbons (Fsp3) is 0.375. The first-order valence-electron chi connectivity index (χ1n) is 7.85. The number of amides is 4. The Morgan fingerprint density at radius 1 is 1.23 bits per heavy atom. The highest BCUT2D eigenvalue weighted by molar-refractivity contribution is 8.00. The number of anilines is 1. The summed E-state index contributed by atoms with van der Waals surface area (Å²) >= 11 is 0.889. The molecule has 1 N–H and O–H groups in total. The summed E-state index contributed by atoms with van der Waals surface area (Å²) < 4.78 is 13.1. The number of urea groups is 1. The molecule has 2 heterocycles. The molecule has 0 aromatic heterocycles. The number of benzene rings is 1. The second-order valence-corrected chi connectivity index (χ2v) is 6.88. The van der Waals surface area contributed by atoms with Crippen LogP contribution >= 0.6 is 11.8 Å². The molecule has 2 aliphatic heterocycles. The number of carbonyl (C=O) groups is 4. The third-order valence-electron chi connectivity index (χ3n) is 4.23. The number of aliphatic carboxylic acids is 1. The summed E-state index contributed by atoms with van der Waals surface area (Å²) in [5, 5.41) is 13.1. The average Bonchev–Trinajstić information content (AvgIpc) is 3.00. The van der Waals surface area contributed by atoms with Gasteiger partial charge in [-0.1, -0.05) is 0 Å². The van der Waals surface area contributed by atoms with Gasteiger partial charge in [0.15, 0.2) is 0 Å². The molecule has 4 amide bonds. The van der Waals surface area contributed by atoms with E-state index in [0.717, 1.165) is 28.8 Å². The number of thioether (sulfide) groups is 1. The number of hydrogen-bond donors (Lipinski definition) is 1. The zero-order valence-corrected chi connectivity index (χ0v) is 14.3. The largest absolute Gasteiger partial charge is 0.549 e. The van der Waals surface area contributed by atoms with Gasteiger partial charge in [0, 0.05) is 12.3 Å². The number of halogens is 1. The molecule has 2 aliphatic rings. The number of fused-ring (bicyclic) bond motifs is 1. The lowest BCUT2D eigenvalue weighted by molar-refractivity contribution is -0.301. The summed E-state index contributed by atoms with van der Waals surface area (Å²) in [6, 6.07) is 2.90. The van der Waals surface area contributed by atoms with Gasteiger partial charge in [-0.05, 0) is 30.7 Å². The monoisotopic (exact) mass is 380 g/mol. The molecule has 8 nitrogen and oxygen atoms in total. The smallest absolute Gasteiger partial charge is 0.329 e. The highest BCUT2D eigenvalue weighted by atomic mass is 32.2. The van der Waals surface area contributed by atoms with E-state index in [2.05, 4.69) is 5.32 Å². The number of nitrogens with one attached hydrogen (secondary N) is 1. The molecule has 26 heavy (non-hydrogen) atoms. The Morgan fingerprint density at radius 2 is 1.92 bits per heavy atom. The van der Waals surface area contributed by atoms with Gasteiger partial charge in [-0.15, -0.1) is 11.8 Å². The SMILES string of the molecule is O=C([O-])CSCC(=O)N1CC[C@H]2NC(=O)N(c3ccc(F)cc3)C(=O)[C@H]21. The lowest BCUT2D eigenvalue weighted by Gasteiger charge is -2.36. The Bertz CT molecular complexity index is 757. The molecule has 3 rings (SSSR count). The maximum atomic E-state index is 13.1. The molecule has 138 valence electrons. The number of carboxylic acids is 1. The molecule has 0 radical (unpaired) electrons. The average molecular weight is 380 g/mol. The number of hydrogen-bond acceptors (Lipinski definition) is 6. The zero-order valence-electron chi connectivity index (χ0n) is 13.5. The Hall–Kier alpha value is -2.62. The van der Waals surface area contributed by atoms with Crippen molar-refractivity contribution in [2.75, 3.05) is 23.0 Å². The van der Waals surface area contributed by atoms with Crippen LogP contribution in [0.15, 0.2) is 24.3 Å². The molecule has 2 saturated heterocycles. The zero-order chi connectivity index (χ0) is 18.8. The lowest BCUT2D eigenvalue weighted by Crippen LogP contribution is -2.65. The van der Waals surface area contributed by atoms with Gasteiger partial charge in [0.05, 0.1) is 23.5 Å². The number of carbonyl (C=O) groups excluding carboxylic acids is 4. The Balaban J connectivity index is 1.77. The van der Waals surface area contributed by atoms with Gasteiger partial charge in [-0.3, -0.25) is 9.59 Å². The Morgan fingerprint density at radius 3 is 2.58 bits per heavy atom. The lowest BCUT2D eigenvalue weighted by atomic mass is 10.0. The molecular formula is C16H15FN3O5S-. The number of rotatable bonds is 5. The maximum Gasteiger partial charge on any atom is 0.329 e. The van der Waals surface area contributed by atoms with Gasteiger partial charge >= 0.3 is 6.03 Å². The standard InChI is InChI=1S/C16H16FN3O5S/c17-9-1-3-10(4-2-9)20-15(24)14-11(18-16(20)25)5-6-19(14)12(21)7-26-8-13(22)23/h1-4,11,14H,5-8H2,(H,18,25)(H,22,23)/p-1/t11-,14+/m1/s1. The van der Waals surface area contributed by atoms with Crippen molar-refractivity contribution in [3.63, 3.8) is 0 Å². The van der Waals surface area contributed by atoms with Crippen LogP contribution in [0.1, 0.15) is 6.42 Å². The van der Waals surface area contributed by atoms with Crippen LogP contribution < -0.4 is 15.3 Å². The number of imide groups is 1. The summed E-state index contributed by atoms with van der Waals surface area (Å²) in [4.78, 5) is 50.2. The van der Waals surface area contributed by atoms with Gasteiger partial charge in [-0.2, -0.15) is 0 Å². The van der Waals surface area contributed by atoms with Crippen molar-refractivity contribution in [2.45, 2.75) is 18.5 Å². The summed E-state index contributed by atoms with van der Waals surface area (Å²) in [5.41, 5.74) is 0.206. The van der Waals surface area contributed by atoms with E-state index in [1.165, 1.54) is 17.0 Å². The summed E-state index contributed by atoms with van der Waals surface area (Å²) in [5.74, 6) is -3.15. The van der Waals surface area contributed by atoms with Gasteiger partial charge in [0.1, 0.15) is 11.9 Å². The van der Waals surface area contributed by atoms with Crippen LogP contribution in [0.5, 0.6) is 0 Å². The molecule has 1 aromatic carbocycles. The molecule has 10 heteroatoms. The molecule has 0 aliphatic carbocycles. The van der Waals surface area contributed by atoms with Gasteiger partial charge in [-0.25, -0.2) is 14.1 Å². The second-order valence-electron chi connectivity index (χ2n) is 5.89. The molecular weight excluding hydrogens is 365 g/mol. The van der Waals surface area contributed by atoms with Crippen molar-refractivity contribution in [1.82, 2.24) is 10.2 Å². The van der Waals surface area contributed by atoms with Crippen molar-refractivity contribution in [2.24, 2.45) is 0 Å². The van der Waals surface area contributed by atoms with E-state index in [4.69, 9.17) is 0 Å². The van der Waals surface area contributed by atoms with Crippen molar-refractivity contribution in [1.29, 1.82) is 0 Å². The highest BCUT2D eigenvalue weighted by Gasteiger charge is 2.49. The van der Waals surface area contributed by atoms with Crippen LogP contribution in [-0.4, -0.2) is 58.8 Å². The number of nitrogens with zero attached hydrogens (tertiary/aromatic N) is 2. The van der Waals surface area contributed by atoms with E-state index < -0.39 is 35.8 Å². The van der Waals surface area contributed by atoms with E-state index in [1.807, 2.05) is 0 Å². The second kappa shape index (κ2) is 7.32. The predicted octanol–water partition coefficient (Wildman–Crippen LogP) is -0.666. The third-order valence-corrected chi connectivity index (χ3v) is 5.12. The summed E-state index contributed by atoms with van der Waals surface area (Å²) in [6.45, 7) is 0.281. The molecule has 2 atom stereocenters. The molecule has 0 spiro atoms. The van der Waals surface area contributed by atoms with E-state index >= 15 is 0 Å². The quantitative estimate of drug-likeness (QED) is 0.726. The normalized spacial score (nSPS) is 22.2. The molecule has 0 unspecified atom stereocenters. The maximum absolute atomic E-state index is 13.1. The van der Waals surface area contributed by atoms with Crippen molar-refractivity contribution in [3.8, 4) is 0 Å². The fourth-order valence-corrected chi connectivity index (χ4v) is 3.73. The Labute approximate surface area is 152 Å². The fourth-order valence-electron chi connectivity index (χ4n) is 3.12. The molecule has 0 saturated carbocycles. The topological polar surface area (TPSA) is 110 Å². The van der Waals surface area contributed by atoms with Crippen LogP contribution in [0.3, 0.4) is 0 Å². The van der Waals surface area contributed by atoms with Crippen LogP contribution in [0, 0.1) is 5.82 Å². The minimum atomic E-state index is -1.27. The predicted molar refractivity (Wildman–Crippen MR) is 88.7 cm³/mol. The van der Waals surface area contributed by atoms with Crippen molar-refractivity contribution < 1.29 is 28.7 Å². The van der Waals surface area contributed by atoms with Crippen molar-refractivity contribution >= 4 is 41.3 Å². The Kier molecular flexibility index (Phi) is 5.12. The third kappa shape index (κ3) is 3.50. The summed E-state index contributed by atoms with van der Waals surface area (Å²) in [7, 11) is 0. The first-order chi connectivity index (χ1) is 12.4.